The monoisotopic (exact) mass is 467 g/mol. The number of nitrogens with zero attached hydrogens (tertiary/aromatic N) is 3. The molecule has 1 amide bonds. The van der Waals surface area contributed by atoms with E-state index in [4.69, 9.17) is 16.3 Å². The molecular weight excluding hydrogens is 457 g/mol. The molecule has 0 aromatic carbocycles. The highest BCUT2D eigenvalue weighted by Gasteiger charge is 2.20. The smallest absolute Gasteiger partial charge is 0.253 e. The molecule has 0 fully saturated rings. The number of pyridine rings is 1. The number of amides is 1. The summed E-state index contributed by atoms with van der Waals surface area (Å²) in [4.78, 5) is 27.4. The molecule has 0 saturated carbocycles. The molecule has 3 aromatic rings. The SMILES string of the molecule is O=C1NCCc2[nH]c(-c3ccnc(Oc4nc(Cl)ncc4I)c3)cc21. The van der Waals surface area contributed by atoms with Crippen molar-refractivity contribution in [2.75, 3.05) is 6.54 Å². The molecule has 1 aliphatic rings. The van der Waals surface area contributed by atoms with Crippen molar-refractivity contribution >= 4 is 40.1 Å². The number of hydrogen-bond acceptors (Lipinski definition) is 5. The molecule has 9 heteroatoms. The summed E-state index contributed by atoms with van der Waals surface area (Å²) in [6.07, 6.45) is 4.00. The van der Waals surface area contributed by atoms with Gasteiger partial charge in [-0.25, -0.2) is 9.97 Å². The lowest BCUT2D eigenvalue weighted by Crippen LogP contribution is -2.31. The number of hydrogen-bond donors (Lipinski definition) is 2. The minimum Gasteiger partial charge on any atom is -0.419 e. The van der Waals surface area contributed by atoms with Gasteiger partial charge in [0.1, 0.15) is 0 Å². The van der Waals surface area contributed by atoms with E-state index in [0.29, 0.717) is 23.9 Å². The van der Waals surface area contributed by atoms with Crippen molar-refractivity contribution in [2.45, 2.75) is 6.42 Å². The molecule has 0 atom stereocenters. The molecule has 126 valence electrons. The van der Waals surface area contributed by atoms with Gasteiger partial charge in [-0.3, -0.25) is 4.79 Å². The second-order valence-electron chi connectivity index (χ2n) is 5.36. The van der Waals surface area contributed by atoms with Gasteiger partial charge in [0.25, 0.3) is 5.91 Å². The number of carbonyl (C=O) groups is 1. The minimum atomic E-state index is -0.0561. The fourth-order valence-electron chi connectivity index (χ4n) is 2.58. The highest BCUT2D eigenvalue weighted by atomic mass is 127. The first-order valence-electron chi connectivity index (χ1n) is 7.42. The molecule has 4 rings (SSSR count). The lowest BCUT2D eigenvalue weighted by Gasteiger charge is -2.11. The second kappa shape index (κ2) is 6.60. The molecule has 3 aromatic heterocycles. The number of halogens is 2. The maximum Gasteiger partial charge on any atom is 0.253 e. The van der Waals surface area contributed by atoms with E-state index in [0.717, 1.165) is 26.9 Å². The predicted octanol–water partition coefficient (Wildman–Crippen LogP) is 3.20. The first kappa shape index (κ1) is 16.3. The molecular formula is C16H11ClIN5O2. The summed E-state index contributed by atoms with van der Waals surface area (Å²) < 4.78 is 6.45. The Kier molecular flexibility index (Phi) is 4.30. The third-order valence-corrected chi connectivity index (χ3v) is 4.66. The summed E-state index contributed by atoms with van der Waals surface area (Å²) in [6.45, 7) is 0.642. The third-order valence-electron chi connectivity index (χ3n) is 3.73. The lowest BCUT2D eigenvalue weighted by atomic mass is 10.1. The number of rotatable bonds is 3. The predicted molar refractivity (Wildman–Crippen MR) is 99.9 cm³/mol. The summed E-state index contributed by atoms with van der Waals surface area (Å²) in [6, 6.07) is 5.47. The summed E-state index contributed by atoms with van der Waals surface area (Å²) in [5, 5.41) is 2.94. The molecule has 1 aliphatic heterocycles. The van der Waals surface area contributed by atoms with Crippen molar-refractivity contribution in [2.24, 2.45) is 0 Å². The zero-order valence-corrected chi connectivity index (χ0v) is 15.6. The lowest BCUT2D eigenvalue weighted by molar-refractivity contribution is 0.0946. The standard InChI is InChI=1S/C16H11ClIN5O2/c17-16-21-7-10(18)15(23-16)25-13-5-8(1-3-19-13)12-6-9-11(22-12)2-4-20-14(9)24/h1,3,5-7,22H,2,4H2,(H,20,24). The Hall–Kier alpha value is -2.20. The van der Waals surface area contributed by atoms with Crippen molar-refractivity contribution in [3.05, 3.63) is 50.7 Å². The number of aromatic amines is 1. The number of fused-ring (bicyclic) bond motifs is 1. The molecule has 0 bridgehead atoms. The fraction of sp³-hybridized carbons (Fsp3) is 0.125. The van der Waals surface area contributed by atoms with Crippen molar-refractivity contribution in [3.8, 4) is 23.0 Å². The Labute approximate surface area is 161 Å². The van der Waals surface area contributed by atoms with E-state index in [1.807, 2.05) is 12.1 Å². The van der Waals surface area contributed by atoms with Crippen LogP contribution in [-0.4, -0.2) is 32.4 Å². The third kappa shape index (κ3) is 3.31. The number of nitrogens with one attached hydrogen (secondary N) is 2. The van der Waals surface area contributed by atoms with Gasteiger partial charge in [0.15, 0.2) is 0 Å². The maximum absolute atomic E-state index is 11.9. The van der Waals surface area contributed by atoms with Crippen LogP contribution in [0.5, 0.6) is 11.8 Å². The van der Waals surface area contributed by atoms with Crippen LogP contribution in [0.2, 0.25) is 5.28 Å². The number of H-pyrrole nitrogens is 1. The second-order valence-corrected chi connectivity index (χ2v) is 6.86. The van der Waals surface area contributed by atoms with E-state index >= 15 is 0 Å². The van der Waals surface area contributed by atoms with Crippen molar-refractivity contribution in [3.63, 3.8) is 0 Å². The van der Waals surface area contributed by atoms with Crippen molar-refractivity contribution < 1.29 is 9.53 Å². The van der Waals surface area contributed by atoms with Crippen LogP contribution < -0.4 is 10.1 Å². The highest BCUT2D eigenvalue weighted by Crippen LogP contribution is 2.28. The van der Waals surface area contributed by atoms with Gasteiger partial charge in [0.2, 0.25) is 17.0 Å². The maximum atomic E-state index is 11.9. The Morgan fingerprint density at radius 2 is 2.16 bits per heavy atom. The Morgan fingerprint density at radius 1 is 1.28 bits per heavy atom. The first-order chi connectivity index (χ1) is 12.1. The Bertz CT molecular complexity index is 975. The fourth-order valence-corrected chi connectivity index (χ4v) is 3.08. The molecule has 4 heterocycles. The van der Waals surface area contributed by atoms with E-state index in [1.54, 1.807) is 18.5 Å². The van der Waals surface area contributed by atoms with E-state index in [2.05, 4.69) is 47.8 Å². The number of ether oxygens (including phenoxy) is 1. The minimum absolute atomic E-state index is 0.0561. The molecule has 25 heavy (non-hydrogen) atoms. The van der Waals surface area contributed by atoms with Gasteiger partial charge in [0.05, 0.1) is 9.13 Å². The summed E-state index contributed by atoms with van der Waals surface area (Å²) in [7, 11) is 0. The van der Waals surface area contributed by atoms with Crippen LogP contribution >= 0.6 is 34.2 Å². The van der Waals surface area contributed by atoms with Gasteiger partial charge in [-0.1, -0.05) is 0 Å². The van der Waals surface area contributed by atoms with Gasteiger partial charge in [-0.2, -0.15) is 4.98 Å². The zero-order chi connectivity index (χ0) is 17.4. The molecule has 0 spiro atoms. The normalized spacial score (nSPS) is 13.3. The van der Waals surface area contributed by atoms with E-state index < -0.39 is 0 Å². The quantitative estimate of drug-likeness (QED) is 0.456. The van der Waals surface area contributed by atoms with Gasteiger partial charge in [-0.15, -0.1) is 0 Å². The van der Waals surface area contributed by atoms with Gasteiger partial charge in [-0.05, 0) is 46.3 Å². The van der Waals surface area contributed by atoms with Crippen LogP contribution in [-0.2, 0) is 6.42 Å². The number of aromatic nitrogens is 4. The van der Waals surface area contributed by atoms with Crippen LogP contribution in [0.4, 0.5) is 0 Å². The first-order valence-corrected chi connectivity index (χ1v) is 8.88. The summed E-state index contributed by atoms with van der Waals surface area (Å²) >= 11 is 7.88. The highest BCUT2D eigenvalue weighted by molar-refractivity contribution is 14.1. The molecule has 7 nitrogen and oxygen atoms in total. The van der Waals surface area contributed by atoms with Crippen LogP contribution in [0.15, 0.2) is 30.6 Å². The Balaban J connectivity index is 1.66. The van der Waals surface area contributed by atoms with E-state index in [9.17, 15) is 4.79 Å². The topological polar surface area (TPSA) is 92.8 Å². The van der Waals surface area contributed by atoms with Crippen molar-refractivity contribution in [1.82, 2.24) is 25.3 Å². The zero-order valence-electron chi connectivity index (χ0n) is 12.7. The van der Waals surface area contributed by atoms with Crippen LogP contribution in [0.25, 0.3) is 11.3 Å². The average Bonchev–Trinajstić information content (AvgIpc) is 3.04. The average molecular weight is 468 g/mol. The summed E-state index contributed by atoms with van der Waals surface area (Å²) in [5.41, 5.74) is 3.32. The van der Waals surface area contributed by atoms with Crippen LogP contribution in [0.3, 0.4) is 0 Å². The molecule has 0 saturated heterocycles. The molecule has 2 N–H and O–H groups in total. The van der Waals surface area contributed by atoms with E-state index in [1.165, 1.54) is 0 Å². The van der Waals surface area contributed by atoms with Gasteiger partial charge < -0.3 is 15.0 Å². The molecule has 0 aliphatic carbocycles. The van der Waals surface area contributed by atoms with Gasteiger partial charge in [0, 0.05) is 48.4 Å². The van der Waals surface area contributed by atoms with Crippen molar-refractivity contribution in [1.29, 1.82) is 0 Å². The molecule has 0 radical (unpaired) electrons. The van der Waals surface area contributed by atoms with Crippen LogP contribution in [0, 0.1) is 3.57 Å². The van der Waals surface area contributed by atoms with Crippen LogP contribution in [0.1, 0.15) is 16.1 Å². The summed E-state index contributed by atoms with van der Waals surface area (Å²) in [5.74, 6) is 0.664. The number of carbonyl (C=O) groups excluding carboxylic acids is 1. The van der Waals surface area contributed by atoms with E-state index in [-0.39, 0.29) is 11.2 Å². The van der Waals surface area contributed by atoms with Gasteiger partial charge >= 0.3 is 0 Å². The Morgan fingerprint density at radius 3 is 3.00 bits per heavy atom. The largest absolute Gasteiger partial charge is 0.419 e. The molecule has 0 unspecified atom stereocenters.